The van der Waals surface area contributed by atoms with Crippen LogP contribution in [-0.4, -0.2) is 54.4 Å². The molecule has 21 heavy (non-hydrogen) atoms. The Kier molecular flexibility index (Phi) is 4.57. The number of piperidine rings is 1. The summed E-state index contributed by atoms with van der Waals surface area (Å²) < 4.78 is 50.0. The number of carbonyl (C=O) groups excluding carboxylic acids is 1. The van der Waals surface area contributed by atoms with Gasteiger partial charge in [0.25, 0.3) is 5.91 Å². The van der Waals surface area contributed by atoms with E-state index in [1.807, 2.05) is 0 Å². The lowest BCUT2D eigenvalue weighted by Gasteiger charge is -2.31. The van der Waals surface area contributed by atoms with E-state index < -0.39 is 22.5 Å². The van der Waals surface area contributed by atoms with Crippen molar-refractivity contribution in [1.82, 2.24) is 19.4 Å². The summed E-state index contributed by atoms with van der Waals surface area (Å²) in [5.41, 5.74) is -0.0372. The smallest absolute Gasteiger partial charge is 0.333 e. The van der Waals surface area contributed by atoms with Gasteiger partial charge in [-0.05, 0) is 18.9 Å². The van der Waals surface area contributed by atoms with E-state index in [2.05, 4.69) is 9.82 Å². The van der Waals surface area contributed by atoms with Crippen LogP contribution in [0.3, 0.4) is 0 Å². The summed E-state index contributed by atoms with van der Waals surface area (Å²) in [5, 5.41) is 3.53. The van der Waals surface area contributed by atoms with Crippen LogP contribution in [0.25, 0.3) is 0 Å². The maximum Gasteiger partial charge on any atom is 0.333 e. The van der Waals surface area contributed by atoms with Crippen LogP contribution in [0.4, 0.5) is 8.78 Å². The molecule has 2 rings (SSSR count). The van der Waals surface area contributed by atoms with Crippen LogP contribution in [-0.2, 0) is 10.0 Å². The average molecular weight is 322 g/mol. The van der Waals surface area contributed by atoms with Crippen molar-refractivity contribution in [2.24, 2.45) is 0 Å². The maximum absolute atomic E-state index is 12.4. The van der Waals surface area contributed by atoms with Crippen LogP contribution in [0.15, 0.2) is 12.3 Å². The molecule has 0 radical (unpaired) electrons. The number of aromatic nitrogens is 2. The number of rotatable bonds is 4. The number of carbonyl (C=O) groups is 1. The number of alkyl halides is 2. The normalized spacial score (nSPS) is 17.4. The molecular formula is C11H16F2N4O3S. The summed E-state index contributed by atoms with van der Waals surface area (Å²) in [6, 6.07) is 1.04. The third-order valence-corrected chi connectivity index (χ3v) is 3.95. The first-order valence-corrected chi connectivity index (χ1v) is 8.25. The molecule has 0 unspecified atom stereocenters. The third-order valence-electron chi connectivity index (χ3n) is 3.19. The van der Waals surface area contributed by atoms with E-state index in [4.69, 9.17) is 0 Å². The molecule has 7 nitrogen and oxygen atoms in total. The molecule has 118 valence electrons. The van der Waals surface area contributed by atoms with Crippen molar-refractivity contribution in [2.75, 3.05) is 19.3 Å². The van der Waals surface area contributed by atoms with Crippen LogP contribution in [0.5, 0.6) is 0 Å². The molecule has 0 saturated carbocycles. The van der Waals surface area contributed by atoms with Crippen LogP contribution in [0.2, 0.25) is 0 Å². The standard InChI is InChI=1S/C11H16F2N4O3S/c1-21(19,20)15-8-2-5-16(6-3-8)10(18)9-4-7-17(14-9)11(12)13/h4,7-8,11,15H,2-3,5-6H2,1H3. The highest BCUT2D eigenvalue weighted by Crippen LogP contribution is 2.15. The van der Waals surface area contributed by atoms with E-state index >= 15 is 0 Å². The SMILES string of the molecule is CS(=O)(=O)NC1CCN(C(=O)c2ccn(C(F)F)n2)CC1. The minimum Gasteiger partial charge on any atom is -0.337 e. The first-order valence-electron chi connectivity index (χ1n) is 6.36. The van der Waals surface area contributed by atoms with Crippen LogP contribution < -0.4 is 4.72 Å². The van der Waals surface area contributed by atoms with Crippen molar-refractivity contribution in [2.45, 2.75) is 25.4 Å². The van der Waals surface area contributed by atoms with E-state index in [-0.39, 0.29) is 11.7 Å². The molecule has 0 aromatic carbocycles. The van der Waals surface area contributed by atoms with E-state index in [9.17, 15) is 22.0 Å². The van der Waals surface area contributed by atoms with Gasteiger partial charge in [-0.25, -0.2) is 17.8 Å². The van der Waals surface area contributed by atoms with Gasteiger partial charge in [0.1, 0.15) is 0 Å². The number of hydrogen-bond acceptors (Lipinski definition) is 4. The number of nitrogens with one attached hydrogen (secondary N) is 1. The molecule has 0 atom stereocenters. The number of halogens is 2. The zero-order valence-corrected chi connectivity index (χ0v) is 12.2. The van der Waals surface area contributed by atoms with E-state index in [0.717, 1.165) is 12.5 Å². The molecule has 1 aromatic heterocycles. The number of hydrogen-bond donors (Lipinski definition) is 1. The summed E-state index contributed by atoms with van der Waals surface area (Å²) >= 11 is 0. The van der Waals surface area contributed by atoms with Gasteiger partial charge >= 0.3 is 6.55 Å². The molecule has 0 aliphatic carbocycles. The predicted octanol–water partition coefficient (Wildman–Crippen LogP) is 0.432. The second-order valence-electron chi connectivity index (χ2n) is 4.92. The molecule has 1 N–H and O–H groups in total. The van der Waals surface area contributed by atoms with Crippen LogP contribution in [0, 0.1) is 0 Å². The van der Waals surface area contributed by atoms with Gasteiger partial charge in [-0.3, -0.25) is 4.79 Å². The van der Waals surface area contributed by atoms with Gasteiger partial charge < -0.3 is 4.90 Å². The Morgan fingerprint density at radius 1 is 1.43 bits per heavy atom. The van der Waals surface area contributed by atoms with Crippen molar-refractivity contribution in [3.05, 3.63) is 18.0 Å². The highest BCUT2D eigenvalue weighted by Gasteiger charge is 2.26. The minimum atomic E-state index is -3.27. The molecule has 1 saturated heterocycles. The van der Waals surface area contributed by atoms with Crippen molar-refractivity contribution in [3.8, 4) is 0 Å². The number of likely N-dealkylation sites (tertiary alicyclic amines) is 1. The van der Waals surface area contributed by atoms with Gasteiger partial charge in [0.15, 0.2) is 5.69 Å². The van der Waals surface area contributed by atoms with E-state index in [0.29, 0.717) is 30.6 Å². The van der Waals surface area contributed by atoms with E-state index in [1.165, 1.54) is 11.0 Å². The second-order valence-corrected chi connectivity index (χ2v) is 6.70. The summed E-state index contributed by atoms with van der Waals surface area (Å²) in [5.74, 6) is -0.424. The van der Waals surface area contributed by atoms with Gasteiger partial charge in [0, 0.05) is 25.3 Å². The fourth-order valence-electron chi connectivity index (χ4n) is 2.23. The number of nitrogens with zero attached hydrogens (tertiary/aromatic N) is 3. The summed E-state index contributed by atoms with van der Waals surface area (Å²) in [6.45, 7) is -2.07. The maximum atomic E-state index is 12.4. The molecule has 2 heterocycles. The average Bonchev–Trinajstić information content (AvgIpc) is 2.86. The molecule has 1 fully saturated rings. The zero-order valence-electron chi connectivity index (χ0n) is 11.4. The fraction of sp³-hybridized carbons (Fsp3) is 0.636. The molecule has 10 heteroatoms. The summed E-state index contributed by atoms with van der Waals surface area (Å²) in [7, 11) is -3.27. The Balaban J connectivity index is 1.93. The first kappa shape index (κ1) is 15.8. The quantitative estimate of drug-likeness (QED) is 0.871. The lowest BCUT2D eigenvalue weighted by atomic mass is 10.1. The molecule has 1 aliphatic rings. The number of amides is 1. The largest absolute Gasteiger partial charge is 0.337 e. The topological polar surface area (TPSA) is 84.3 Å². The fourth-order valence-corrected chi connectivity index (χ4v) is 3.07. The first-order chi connectivity index (χ1) is 9.76. The highest BCUT2D eigenvalue weighted by atomic mass is 32.2. The van der Waals surface area contributed by atoms with Crippen LogP contribution in [0.1, 0.15) is 29.9 Å². The van der Waals surface area contributed by atoms with Crippen molar-refractivity contribution in [1.29, 1.82) is 0 Å². The molecule has 0 spiro atoms. The second kappa shape index (κ2) is 6.06. The van der Waals surface area contributed by atoms with Crippen LogP contribution >= 0.6 is 0 Å². The van der Waals surface area contributed by atoms with Gasteiger partial charge in [-0.1, -0.05) is 0 Å². The van der Waals surface area contributed by atoms with E-state index in [1.54, 1.807) is 0 Å². The highest BCUT2D eigenvalue weighted by molar-refractivity contribution is 7.88. The molecule has 0 bridgehead atoms. The third kappa shape index (κ3) is 4.21. The minimum absolute atomic E-state index is 0.0372. The summed E-state index contributed by atoms with van der Waals surface area (Å²) in [6.07, 6.45) is 3.10. The molecule has 1 aliphatic heterocycles. The summed E-state index contributed by atoms with van der Waals surface area (Å²) in [4.78, 5) is 13.6. The van der Waals surface area contributed by atoms with Gasteiger partial charge in [0.2, 0.25) is 10.0 Å². The Hall–Kier alpha value is -1.55. The lowest BCUT2D eigenvalue weighted by molar-refractivity contribution is 0.0547. The van der Waals surface area contributed by atoms with Crippen molar-refractivity contribution in [3.63, 3.8) is 0 Å². The Morgan fingerprint density at radius 2 is 2.05 bits per heavy atom. The van der Waals surface area contributed by atoms with Crippen molar-refractivity contribution < 1.29 is 22.0 Å². The Bertz CT molecular complexity index is 609. The van der Waals surface area contributed by atoms with Gasteiger partial charge in [-0.2, -0.15) is 13.9 Å². The van der Waals surface area contributed by atoms with Gasteiger partial charge in [-0.15, -0.1) is 0 Å². The molecule has 1 aromatic rings. The Morgan fingerprint density at radius 3 is 2.52 bits per heavy atom. The predicted molar refractivity (Wildman–Crippen MR) is 70.4 cm³/mol. The molecular weight excluding hydrogens is 306 g/mol. The number of sulfonamides is 1. The van der Waals surface area contributed by atoms with Crippen molar-refractivity contribution >= 4 is 15.9 Å². The monoisotopic (exact) mass is 322 g/mol. The Labute approximate surface area is 121 Å². The molecule has 1 amide bonds. The zero-order chi connectivity index (χ0) is 15.6. The lowest BCUT2D eigenvalue weighted by Crippen LogP contribution is -2.46. The van der Waals surface area contributed by atoms with Gasteiger partial charge in [0.05, 0.1) is 6.26 Å².